The number of aromatic nitrogens is 1. The van der Waals surface area contributed by atoms with Gasteiger partial charge in [0.05, 0.1) is 10.2 Å². The number of hydrogen-bond acceptors (Lipinski definition) is 5. The van der Waals surface area contributed by atoms with Crippen molar-refractivity contribution in [2.75, 3.05) is 12.1 Å². The van der Waals surface area contributed by atoms with E-state index in [1.54, 1.807) is 6.07 Å². The quantitative estimate of drug-likeness (QED) is 0.917. The van der Waals surface area contributed by atoms with E-state index >= 15 is 0 Å². The minimum atomic E-state index is -1.76. The molecular weight excluding hydrogens is 307 g/mol. The summed E-state index contributed by atoms with van der Waals surface area (Å²) < 4.78 is 26.1. The van der Waals surface area contributed by atoms with Crippen molar-refractivity contribution in [3.63, 3.8) is 0 Å². The fourth-order valence-corrected chi connectivity index (χ4v) is 3.79. The summed E-state index contributed by atoms with van der Waals surface area (Å²) in [6.07, 6.45) is 3.08. The third kappa shape index (κ3) is 2.29. The van der Waals surface area contributed by atoms with E-state index in [1.165, 1.54) is 11.3 Å². The van der Waals surface area contributed by atoms with Crippen molar-refractivity contribution < 1.29 is 18.7 Å². The first-order valence-corrected chi connectivity index (χ1v) is 8.16. The summed E-state index contributed by atoms with van der Waals surface area (Å²) in [5, 5.41) is 3.04. The highest BCUT2D eigenvalue weighted by Crippen LogP contribution is 2.39. The Labute approximate surface area is 130 Å². The summed E-state index contributed by atoms with van der Waals surface area (Å²) in [5.74, 6) is 0.736. The smallest absolute Gasteiger partial charge is 0.263 e. The standard InChI is InChI=1S/C15H15FN2O3S/c16-15(4-2-1-3-5-15)13(19)18-14-17-9-6-10-11(21-8-20-10)7-12(9)22-14/h6-7H,1-5,8H2,(H,17,18,19). The van der Waals surface area contributed by atoms with E-state index in [-0.39, 0.29) is 6.79 Å². The van der Waals surface area contributed by atoms with E-state index in [2.05, 4.69) is 10.3 Å². The minimum Gasteiger partial charge on any atom is -0.454 e. The molecule has 1 amide bonds. The second-order valence-corrected chi connectivity index (χ2v) is 6.70. The molecule has 1 aliphatic carbocycles. The van der Waals surface area contributed by atoms with Gasteiger partial charge in [0.25, 0.3) is 5.91 Å². The normalized spacial score (nSPS) is 19.3. The monoisotopic (exact) mass is 322 g/mol. The van der Waals surface area contributed by atoms with E-state index in [0.717, 1.165) is 24.0 Å². The molecule has 2 aliphatic rings. The maximum Gasteiger partial charge on any atom is 0.263 e. The Kier molecular flexibility index (Phi) is 3.18. The number of alkyl halides is 1. The molecule has 0 unspecified atom stereocenters. The third-order valence-electron chi connectivity index (χ3n) is 4.16. The van der Waals surface area contributed by atoms with Gasteiger partial charge in [-0.25, -0.2) is 9.37 Å². The Morgan fingerprint density at radius 1 is 1.23 bits per heavy atom. The molecule has 1 aliphatic heterocycles. The molecule has 0 bridgehead atoms. The van der Waals surface area contributed by atoms with E-state index in [4.69, 9.17) is 9.47 Å². The summed E-state index contributed by atoms with van der Waals surface area (Å²) >= 11 is 1.31. The van der Waals surface area contributed by atoms with Crippen LogP contribution in [0.1, 0.15) is 32.1 Å². The molecule has 2 heterocycles. The number of carbonyl (C=O) groups is 1. The fraction of sp³-hybridized carbons (Fsp3) is 0.467. The zero-order chi connectivity index (χ0) is 15.2. The molecule has 116 valence electrons. The predicted molar refractivity (Wildman–Crippen MR) is 81.3 cm³/mol. The molecule has 2 aromatic rings. The number of carbonyl (C=O) groups excluding carboxylic acids is 1. The Morgan fingerprint density at radius 3 is 2.73 bits per heavy atom. The van der Waals surface area contributed by atoms with Crippen LogP contribution in [0.2, 0.25) is 0 Å². The van der Waals surface area contributed by atoms with Crippen molar-refractivity contribution >= 4 is 32.6 Å². The first-order chi connectivity index (χ1) is 10.6. The first-order valence-electron chi connectivity index (χ1n) is 7.35. The van der Waals surface area contributed by atoms with Crippen LogP contribution in [0.25, 0.3) is 10.2 Å². The number of hydrogen-bond donors (Lipinski definition) is 1. The second-order valence-electron chi connectivity index (χ2n) is 5.67. The van der Waals surface area contributed by atoms with Gasteiger partial charge in [-0.3, -0.25) is 10.1 Å². The van der Waals surface area contributed by atoms with Crippen LogP contribution < -0.4 is 14.8 Å². The number of benzene rings is 1. The Bertz CT molecular complexity index is 699. The second kappa shape index (κ2) is 5.08. The zero-order valence-corrected chi connectivity index (χ0v) is 12.7. The lowest BCUT2D eigenvalue weighted by molar-refractivity contribution is -0.129. The highest BCUT2D eigenvalue weighted by atomic mass is 32.1. The number of halogens is 1. The minimum absolute atomic E-state index is 0.209. The lowest BCUT2D eigenvalue weighted by Crippen LogP contribution is -2.40. The Hall–Kier alpha value is -1.89. The topological polar surface area (TPSA) is 60.5 Å². The van der Waals surface area contributed by atoms with Crippen molar-refractivity contribution in [2.24, 2.45) is 0 Å². The van der Waals surface area contributed by atoms with E-state index < -0.39 is 11.6 Å². The molecule has 0 atom stereocenters. The van der Waals surface area contributed by atoms with Gasteiger partial charge >= 0.3 is 0 Å². The van der Waals surface area contributed by atoms with Crippen molar-refractivity contribution in [3.8, 4) is 11.5 Å². The predicted octanol–water partition coefficient (Wildman–Crippen LogP) is 3.64. The summed E-state index contributed by atoms with van der Waals surface area (Å²) in [5.41, 5.74) is -1.05. The van der Waals surface area contributed by atoms with Crippen LogP contribution in [0.4, 0.5) is 9.52 Å². The van der Waals surface area contributed by atoms with Gasteiger partial charge in [0.2, 0.25) is 6.79 Å². The van der Waals surface area contributed by atoms with Gasteiger partial charge in [0.15, 0.2) is 22.3 Å². The Balaban J connectivity index is 1.58. The molecule has 4 rings (SSSR count). The molecular formula is C15H15FN2O3S. The SMILES string of the molecule is O=C(Nc1nc2cc3c(cc2s1)OCO3)C1(F)CCCCC1. The van der Waals surface area contributed by atoms with Gasteiger partial charge in [0.1, 0.15) is 0 Å². The van der Waals surface area contributed by atoms with Crippen LogP contribution in [0.5, 0.6) is 11.5 Å². The summed E-state index contributed by atoms with van der Waals surface area (Å²) in [6, 6.07) is 3.60. The van der Waals surface area contributed by atoms with Crippen molar-refractivity contribution in [2.45, 2.75) is 37.8 Å². The third-order valence-corrected chi connectivity index (χ3v) is 5.09. The number of amides is 1. The lowest BCUT2D eigenvalue weighted by atomic mass is 9.86. The number of fused-ring (bicyclic) bond motifs is 2. The average molecular weight is 322 g/mol. The molecule has 1 aromatic heterocycles. The average Bonchev–Trinajstić information content (AvgIpc) is 3.10. The van der Waals surface area contributed by atoms with E-state index in [9.17, 15) is 9.18 Å². The largest absolute Gasteiger partial charge is 0.454 e. The molecule has 0 saturated heterocycles. The molecule has 0 spiro atoms. The van der Waals surface area contributed by atoms with Crippen LogP contribution >= 0.6 is 11.3 Å². The van der Waals surface area contributed by atoms with Gasteiger partial charge in [-0.05, 0) is 25.7 Å². The molecule has 1 N–H and O–H groups in total. The van der Waals surface area contributed by atoms with Gasteiger partial charge in [-0.1, -0.05) is 17.8 Å². The van der Waals surface area contributed by atoms with Gasteiger partial charge in [0, 0.05) is 12.1 Å². The van der Waals surface area contributed by atoms with Crippen molar-refractivity contribution in [1.29, 1.82) is 0 Å². The van der Waals surface area contributed by atoms with E-state index in [0.29, 0.717) is 35.0 Å². The highest BCUT2D eigenvalue weighted by molar-refractivity contribution is 7.22. The number of anilines is 1. The summed E-state index contributed by atoms with van der Waals surface area (Å²) in [7, 11) is 0. The number of nitrogens with zero attached hydrogens (tertiary/aromatic N) is 1. The van der Waals surface area contributed by atoms with Crippen LogP contribution in [0.3, 0.4) is 0 Å². The van der Waals surface area contributed by atoms with Gasteiger partial charge in [-0.15, -0.1) is 0 Å². The number of rotatable bonds is 2. The van der Waals surface area contributed by atoms with Crippen LogP contribution in [0, 0.1) is 0 Å². The first kappa shape index (κ1) is 13.8. The summed E-state index contributed by atoms with van der Waals surface area (Å²) in [6.45, 7) is 0.209. The van der Waals surface area contributed by atoms with Gasteiger partial charge in [-0.2, -0.15) is 0 Å². The maximum absolute atomic E-state index is 14.6. The molecule has 1 aromatic carbocycles. The Morgan fingerprint density at radius 2 is 1.95 bits per heavy atom. The van der Waals surface area contributed by atoms with Crippen molar-refractivity contribution in [1.82, 2.24) is 4.98 Å². The lowest BCUT2D eigenvalue weighted by Gasteiger charge is -2.27. The maximum atomic E-state index is 14.6. The molecule has 5 nitrogen and oxygen atoms in total. The van der Waals surface area contributed by atoms with Crippen molar-refractivity contribution in [3.05, 3.63) is 12.1 Å². The van der Waals surface area contributed by atoms with Crippen LogP contribution in [-0.4, -0.2) is 23.4 Å². The highest BCUT2D eigenvalue weighted by Gasteiger charge is 2.40. The van der Waals surface area contributed by atoms with E-state index in [1.807, 2.05) is 6.07 Å². The van der Waals surface area contributed by atoms with Gasteiger partial charge < -0.3 is 9.47 Å². The molecule has 1 fully saturated rings. The summed E-state index contributed by atoms with van der Waals surface area (Å²) in [4.78, 5) is 16.5. The molecule has 1 saturated carbocycles. The van der Waals surface area contributed by atoms with Crippen LogP contribution in [-0.2, 0) is 4.79 Å². The number of thiazole rings is 1. The molecule has 0 radical (unpaired) electrons. The fourth-order valence-electron chi connectivity index (χ4n) is 2.92. The zero-order valence-electron chi connectivity index (χ0n) is 11.9. The number of nitrogens with one attached hydrogen (secondary N) is 1. The molecule has 7 heteroatoms. The molecule has 22 heavy (non-hydrogen) atoms. The number of ether oxygens (including phenoxy) is 2. The van der Waals surface area contributed by atoms with Crippen LogP contribution in [0.15, 0.2) is 12.1 Å².